The lowest BCUT2D eigenvalue weighted by molar-refractivity contribution is 0.0815. The van der Waals surface area contributed by atoms with Gasteiger partial charge in [-0.15, -0.1) is 0 Å². The summed E-state index contributed by atoms with van der Waals surface area (Å²) >= 11 is 0. The maximum absolute atomic E-state index is 12.3. The predicted octanol–water partition coefficient (Wildman–Crippen LogP) is 6.02. The number of rotatable bonds is 7. The topological polar surface area (TPSA) is 173 Å². The van der Waals surface area contributed by atoms with E-state index < -0.39 is 19.1 Å². The van der Waals surface area contributed by atoms with Crippen LogP contribution in [0.25, 0.3) is 33.8 Å². The maximum Gasteiger partial charge on any atom is 0.272 e. The Balaban J connectivity index is 0.000000237. The van der Waals surface area contributed by atoms with Gasteiger partial charge in [-0.2, -0.15) is 10.2 Å². The van der Waals surface area contributed by atoms with Gasteiger partial charge in [0.1, 0.15) is 11.4 Å². The molecule has 0 saturated carbocycles. The molecule has 6 aromatic rings. The van der Waals surface area contributed by atoms with Gasteiger partial charge in [-0.1, -0.05) is 32.4 Å². The fraction of sp³-hybridized carbons (Fsp3) is 0.333. The molecule has 2 aromatic carbocycles. The Labute approximate surface area is 338 Å². The standard InChI is InChI=1S/C19H23N5O3S.C17H17ClN4O3S.C3H8/c1-12-9-14(28(26,27)23(5)6)7-8-15(12)16-11-18-20-17(19(25)22(3)4)10-13(2)24(18)21-16;1-10-7-12(26(18,24)25)5-6-13(10)14-9-16-19-15(17(23)21(3)4)8-11(2)22(16)20-14;1-3-2/h7-11H,1-6H3;5-9H,1-4H3;3H2,1-2H3. The fourth-order valence-electron chi connectivity index (χ4n) is 5.56. The Kier molecular flexibility index (Phi) is 13.7. The lowest BCUT2D eigenvalue weighted by Crippen LogP contribution is -2.23. The summed E-state index contributed by atoms with van der Waals surface area (Å²) in [5.41, 5.74) is 7.71. The van der Waals surface area contributed by atoms with Crippen molar-refractivity contribution in [2.24, 2.45) is 0 Å². The van der Waals surface area contributed by atoms with E-state index in [4.69, 9.17) is 10.7 Å². The summed E-state index contributed by atoms with van der Waals surface area (Å²) < 4.78 is 52.1. The zero-order valence-electron chi connectivity index (χ0n) is 34.1. The molecule has 0 fully saturated rings. The number of sulfonamides is 1. The van der Waals surface area contributed by atoms with E-state index in [2.05, 4.69) is 34.0 Å². The van der Waals surface area contributed by atoms with Gasteiger partial charge in [0.2, 0.25) is 10.0 Å². The van der Waals surface area contributed by atoms with Crippen molar-refractivity contribution in [2.75, 3.05) is 42.3 Å². The Morgan fingerprint density at radius 1 is 0.614 bits per heavy atom. The zero-order chi connectivity index (χ0) is 42.7. The molecule has 0 unspecified atom stereocenters. The Morgan fingerprint density at radius 2 is 0.982 bits per heavy atom. The van der Waals surface area contributed by atoms with Gasteiger partial charge in [-0.25, -0.2) is 40.1 Å². The molecular weight excluding hydrogens is 790 g/mol. The maximum atomic E-state index is 12.3. The molecule has 0 N–H and O–H groups in total. The first-order chi connectivity index (χ1) is 26.5. The van der Waals surface area contributed by atoms with Crippen LogP contribution in [0.1, 0.15) is 63.8 Å². The number of hydrogen-bond donors (Lipinski definition) is 0. The molecule has 6 rings (SSSR count). The van der Waals surface area contributed by atoms with Crippen molar-refractivity contribution in [3.63, 3.8) is 0 Å². The molecule has 0 aliphatic rings. The average molecular weight is 838 g/mol. The van der Waals surface area contributed by atoms with Gasteiger partial charge in [0.05, 0.1) is 21.2 Å². The molecule has 0 radical (unpaired) electrons. The molecule has 15 nitrogen and oxygen atoms in total. The molecule has 4 heterocycles. The second-order valence-electron chi connectivity index (χ2n) is 13.9. The van der Waals surface area contributed by atoms with Crippen molar-refractivity contribution in [1.82, 2.24) is 43.3 Å². The van der Waals surface area contributed by atoms with Gasteiger partial charge in [-0.3, -0.25) is 9.59 Å². The van der Waals surface area contributed by atoms with Gasteiger partial charge in [0.25, 0.3) is 20.9 Å². The Bertz CT molecular complexity index is 2710. The first kappa shape index (κ1) is 44.5. The largest absolute Gasteiger partial charge is 0.343 e. The minimum absolute atomic E-state index is 0.0392. The molecule has 2 amide bonds. The number of nitrogens with zero attached hydrogens (tertiary/aromatic N) is 9. The average Bonchev–Trinajstić information content (AvgIpc) is 3.76. The van der Waals surface area contributed by atoms with Crippen LogP contribution in [0, 0.1) is 27.7 Å². The quantitative estimate of drug-likeness (QED) is 0.173. The van der Waals surface area contributed by atoms with Crippen LogP contribution in [-0.4, -0.2) is 114 Å². The summed E-state index contributed by atoms with van der Waals surface area (Å²) in [6.07, 6.45) is 1.25. The van der Waals surface area contributed by atoms with Gasteiger partial charge < -0.3 is 9.80 Å². The zero-order valence-corrected chi connectivity index (χ0v) is 36.5. The molecule has 304 valence electrons. The summed E-state index contributed by atoms with van der Waals surface area (Å²) in [7, 11) is 7.80. The van der Waals surface area contributed by atoms with Gasteiger partial charge in [0, 0.05) is 87.6 Å². The number of hydrogen-bond acceptors (Lipinski definition) is 10. The van der Waals surface area contributed by atoms with E-state index in [9.17, 15) is 26.4 Å². The van der Waals surface area contributed by atoms with Gasteiger partial charge >= 0.3 is 0 Å². The number of amides is 2. The van der Waals surface area contributed by atoms with E-state index in [1.807, 2.05) is 20.8 Å². The molecule has 4 aromatic heterocycles. The number of benzene rings is 2. The van der Waals surface area contributed by atoms with Crippen LogP contribution < -0.4 is 0 Å². The van der Waals surface area contributed by atoms with Crippen molar-refractivity contribution in [3.8, 4) is 22.5 Å². The molecule has 0 saturated heterocycles. The number of halogens is 1. The first-order valence-corrected chi connectivity index (χ1v) is 21.5. The number of fused-ring (bicyclic) bond motifs is 2. The summed E-state index contributed by atoms with van der Waals surface area (Å²) in [5.74, 6) is -0.367. The molecule has 18 heteroatoms. The monoisotopic (exact) mass is 837 g/mol. The van der Waals surface area contributed by atoms with E-state index in [1.54, 1.807) is 92.7 Å². The lowest BCUT2D eigenvalue weighted by Gasteiger charge is -2.12. The smallest absolute Gasteiger partial charge is 0.272 e. The van der Waals surface area contributed by atoms with Crippen LogP contribution >= 0.6 is 10.7 Å². The molecule has 0 aliphatic heterocycles. The van der Waals surface area contributed by atoms with E-state index in [1.165, 1.54) is 46.8 Å². The van der Waals surface area contributed by atoms with Crippen LogP contribution in [0.3, 0.4) is 0 Å². The van der Waals surface area contributed by atoms with Crippen molar-refractivity contribution < 1.29 is 26.4 Å². The molecule has 0 bridgehead atoms. The van der Waals surface area contributed by atoms with Crippen LogP contribution in [0.15, 0.2) is 70.5 Å². The number of carbonyl (C=O) groups is 2. The lowest BCUT2D eigenvalue weighted by atomic mass is 10.1. The Hall–Kier alpha value is -5.23. The highest BCUT2D eigenvalue weighted by Crippen LogP contribution is 2.29. The van der Waals surface area contributed by atoms with E-state index in [-0.39, 0.29) is 21.6 Å². The van der Waals surface area contributed by atoms with E-state index >= 15 is 0 Å². The third kappa shape index (κ3) is 9.84. The second-order valence-corrected chi connectivity index (χ2v) is 18.7. The molecule has 57 heavy (non-hydrogen) atoms. The van der Waals surface area contributed by atoms with Crippen LogP contribution in [0.4, 0.5) is 0 Å². The van der Waals surface area contributed by atoms with Crippen LogP contribution in [-0.2, 0) is 19.1 Å². The van der Waals surface area contributed by atoms with Crippen LogP contribution in [0.2, 0.25) is 0 Å². The molecule has 0 atom stereocenters. The third-order valence-electron chi connectivity index (χ3n) is 8.47. The number of aryl methyl sites for hydroxylation is 4. The van der Waals surface area contributed by atoms with Gasteiger partial charge in [-0.05, 0) is 75.2 Å². The van der Waals surface area contributed by atoms with Crippen molar-refractivity contribution in [3.05, 3.63) is 94.6 Å². The SMILES string of the molecule is CCC.Cc1cc(S(=O)(=O)Cl)ccc1-c1cc2nc(C(=O)N(C)C)cc(C)n2n1.Cc1cc(S(=O)(=O)N(C)C)ccc1-c1cc2nc(C(=O)N(C)C)cc(C)n2n1. The van der Waals surface area contributed by atoms with E-state index in [0.717, 1.165) is 33.6 Å². The predicted molar refractivity (Wildman–Crippen MR) is 222 cm³/mol. The van der Waals surface area contributed by atoms with E-state index in [0.29, 0.717) is 34.1 Å². The fourth-order valence-corrected chi connectivity index (χ4v) is 7.38. The number of carbonyl (C=O) groups excluding carboxylic acids is 2. The van der Waals surface area contributed by atoms with Crippen molar-refractivity contribution >= 4 is 52.9 Å². The highest BCUT2D eigenvalue weighted by Gasteiger charge is 2.21. The summed E-state index contributed by atoms with van der Waals surface area (Å²) in [5, 5.41) is 9.11. The van der Waals surface area contributed by atoms with Crippen molar-refractivity contribution in [1.29, 1.82) is 0 Å². The first-order valence-electron chi connectivity index (χ1n) is 17.8. The highest BCUT2D eigenvalue weighted by molar-refractivity contribution is 8.13. The minimum atomic E-state index is -3.79. The van der Waals surface area contributed by atoms with Crippen LogP contribution in [0.5, 0.6) is 0 Å². The summed E-state index contributed by atoms with van der Waals surface area (Å²) in [6.45, 7) is 11.6. The minimum Gasteiger partial charge on any atom is -0.343 e. The molecular formula is C39H48ClN9O6S2. The summed E-state index contributed by atoms with van der Waals surface area (Å²) in [4.78, 5) is 36.4. The molecule has 0 aliphatic carbocycles. The van der Waals surface area contributed by atoms with Gasteiger partial charge in [0.15, 0.2) is 11.3 Å². The number of aromatic nitrogens is 6. The second kappa shape index (κ2) is 17.5. The highest BCUT2D eigenvalue weighted by atomic mass is 35.7. The normalized spacial score (nSPS) is 11.5. The Morgan fingerprint density at radius 3 is 1.32 bits per heavy atom. The third-order valence-corrected chi connectivity index (χ3v) is 11.6. The summed E-state index contributed by atoms with van der Waals surface area (Å²) in [6, 6.07) is 16.5. The van der Waals surface area contributed by atoms with Crippen molar-refractivity contribution in [2.45, 2.75) is 57.8 Å². The molecule has 0 spiro atoms.